The number of anilines is 1. The summed E-state index contributed by atoms with van der Waals surface area (Å²) >= 11 is 0. The number of carbonyl (C=O) groups is 1. The molecule has 10 nitrogen and oxygen atoms in total. The third-order valence-corrected chi connectivity index (χ3v) is 5.88. The summed E-state index contributed by atoms with van der Waals surface area (Å²) in [6, 6.07) is 14.8. The van der Waals surface area contributed by atoms with Gasteiger partial charge in [0.25, 0.3) is 5.91 Å². The molecule has 0 radical (unpaired) electrons. The topological polar surface area (TPSA) is 112 Å². The van der Waals surface area contributed by atoms with Gasteiger partial charge < -0.3 is 23.7 Å². The number of nitrogens with zero attached hydrogens (tertiary/aromatic N) is 2. The van der Waals surface area contributed by atoms with Crippen LogP contribution in [0.3, 0.4) is 0 Å². The van der Waals surface area contributed by atoms with Crippen molar-refractivity contribution in [1.29, 1.82) is 0 Å². The molecule has 10 heteroatoms. The number of rotatable bonds is 9. The maximum atomic E-state index is 12.6. The Balaban J connectivity index is 1.69. The van der Waals surface area contributed by atoms with Gasteiger partial charge in [0.2, 0.25) is 5.75 Å². The molecule has 0 bridgehead atoms. The van der Waals surface area contributed by atoms with E-state index < -0.39 is 5.91 Å². The van der Waals surface area contributed by atoms with Gasteiger partial charge in [0.05, 0.1) is 46.8 Å². The molecule has 3 aromatic carbocycles. The highest BCUT2D eigenvalue weighted by Crippen LogP contribution is 2.42. The number of ether oxygens (including phenoxy) is 5. The van der Waals surface area contributed by atoms with E-state index in [4.69, 9.17) is 23.7 Å². The number of carbonyl (C=O) groups excluding carboxylic acids is 1. The van der Waals surface area contributed by atoms with Crippen LogP contribution in [0, 0.1) is 6.92 Å². The first kappa shape index (κ1) is 25.4. The number of aryl methyl sites for hydroxylation is 1. The van der Waals surface area contributed by atoms with Gasteiger partial charge in [-0.3, -0.25) is 10.2 Å². The normalized spacial score (nSPS) is 13.6. The molecule has 0 saturated carbocycles. The van der Waals surface area contributed by atoms with E-state index in [9.17, 15) is 4.79 Å². The molecule has 0 unspecified atom stereocenters. The summed E-state index contributed by atoms with van der Waals surface area (Å²) in [6.45, 7) is 2.00. The van der Waals surface area contributed by atoms with Crippen molar-refractivity contribution in [3.63, 3.8) is 0 Å². The average molecular weight is 505 g/mol. The van der Waals surface area contributed by atoms with Gasteiger partial charge in [0.15, 0.2) is 17.2 Å². The molecule has 2 N–H and O–H groups in total. The number of hydrogen-bond acceptors (Lipinski definition) is 9. The highest BCUT2D eigenvalue weighted by atomic mass is 16.5. The minimum absolute atomic E-state index is 0.112. The van der Waals surface area contributed by atoms with E-state index in [1.54, 1.807) is 53.7 Å². The summed E-state index contributed by atoms with van der Waals surface area (Å²) in [5.74, 6) is 2.29. The lowest BCUT2D eigenvalue weighted by molar-refractivity contribution is -0.114. The van der Waals surface area contributed by atoms with Gasteiger partial charge in [-0.2, -0.15) is 10.2 Å². The molecule has 0 fully saturated rings. The molecular weight excluding hydrogens is 476 g/mol. The molecule has 0 aliphatic carbocycles. The molecule has 1 aliphatic rings. The third kappa shape index (κ3) is 4.99. The van der Waals surface area contributed by atoms with Gasteiger partial charge in [0.1, 0.15) is 17.2 Å². The molecule has 1 heterocycles. The van der Waals surface area contributed by atoms with Crippen molar-refractivity contribution in [3.8, 4) is 39.9 Å². The first-order chi connectivity index (χ1) is 17.9. The van der Waals surface area contributed by atoms with Crippen LogP contribution < -0.4 is 34.5 Å². The van der Waals surface area contributed by atoms with E-state index in [1.165, 1.54) is 0 Å². The van der Waals surface area contributed by atoms with Gasteiger partial charge in [-0.25, -0.2) is 5.43 Å². The van der Waals surface area contributed by atoms with Crippen LogP contribution in [0.2, 0.25) is 0 Å². The minimum atomic E-state index is -0.440. The van der Waals surface area contributed by atoms with Crippen LogP contribution in [-0.2, 0) is 4.79 Å². The summed E-state index contributed by atoms with van der Waals surface area (Å²) in [7, 11) is 7.82. The number of benzene rings is 3. The summed E-state index contributed by atoms with van der Waals surface area (Å²) < 4.78 is 27.2. The molecule has 192 valence electrons. The molecule has 0 atom stereocenters. The number of amides is 1. The Morgan fingerprint density at radius 1 is 0.784 bits per heavy atom. The Morgan fingerprint density at radius 2 is 1.49 bits per heavy atom. The van der Waals surface area contributed by atoms with Gasteiger partial charge in [-0.15, -0.1) is 0 Å². The van der Waals surface area contributed by atoms with Crippen LogP contribution in [0.25, 0.3) is 11.1 Å². The van der Waals surface area contributed by atoms with Crippen molar-refractivity contribution >= 4 is 23.0 Å². The Labute approximate surface area is 214 Å². The molecule has 0 aromatic heterocycles. The molecule has 1 aliphatic heterocycles. The monoisotopic (exact) mass is 504 g/mol. The van der Waals surface area contributed by atoms with E-state index in [1.807, 2.05) is 37.3 Å². The predicted molar refractivity (Wildman–Crippen MR) is 142 cm³/mol. The smallest absolute Gasteiger partial charge is 0.294 e. The Kier molecular flexibility index (Phi) is 7.47. The van der Waals surface area contributed by atoms with Crippen LogP contribution in [-0.4, -0.2) is 52.9 Å². The average Bonchev–Trinajstić information content (AvgIpc) is 3.30. The fourth-order valence-electron chi connectivity index (χ4n) is 3.97. The molecule has 0 saturated heterocycles. The lowest BCUT2D eigenvalue weighted by atomic mass is 9.99. The fraction of sp³-hybridized carbons (Fsp3) is 0.222. The van der Waals surface area contributed by atoms with Gasteiger partial charge in [-0.05, 0) is 66.1 Å². The van der Waals surface area contributed by atoms with E-state index in [-0.39, 0.29) is 5.71 Å². The molecule has 1 amide bonds. The lowest BCUT2D eigenvalue weighted by Crippen LogP contribution is -2.25. The van der Waals surface area contributed by atoms with E-state index in [0.29, 0.717) is 45.7 Å². The highest BCUT2D eigenvalue weighted by Gasteiger charge is 2.29. The van der Waals surface area contributed by atoms with Crippen molar-refractivity contribution in [2.45, 2.75) is 6.92 Å². The Hall–Kier alpha value is -4.73. The molecular formula is C27H28N4O6. The zero-order chi connectivity index (χ0) is 26.5. The predicted octanol–water partition coefficient (Wildman–Crippen LogP) is 4.01. The maximum absolute atomic E-state index is 12.6. The van der Waals surface area contributed by atoms with Crippen molar-refractivity contribution in [3.05, 3.63) is 59.7 Å². The Bertz CT molecular complexity index is 1370. The third-order valence-electron chi connectivity index (χ3n) is 5.88. The zero-order valence-electron chi connectivity index (χ0n) is 21.5. The van der Waals surface area contributed by atoms with Crippen LogP contribution in [0.5, 0.6) is 28.7 Å². The quantitative estimate of drug-likeness (QED) is 0.424. The minimum Gasteiger partial charge on any atom is -0.497 e. The van der Waals surface area contributed by atoms with Crippen LogP contribution >= 0.6 is 0 Å². The number of methoxy groups -OCH3 is 5. The van der Waals surface area contributed by atoms with Crippen molar-refractivity contribution in [2.75, 3.05) is 41.0 Å². The standard InChI is InChI=1S/C27H28N4O6/c1-15-7-8-17(13-19(15)16-11-22(35-4)26(37-6)23(12-16)36-5)28-30-25-24(29-31-27(25)32)20-14-18(33-2)9-10-21(20)34-3/h7-14,28H,1-6H3,(H,30,31,32). The van der Waals surface area contributed by atoms with Crippen LogP contribution in [0.4, 0.5) is 5.69 Å². The van der Waals surface area contributed by atoms with Crippen LogP contribution in [0.1, 0.15) is 11.1 Å². The summed E-state index contributed by atoms with van der Waals surface area (Å²) in [6.07, 6.45) is 0. The fourth-order valence-corrected chi connectivity index (χ4v) is 3.97. The maximum Gasteiger partial charge on any atom is 0.294 e. The summed E-state index contributed by atoms with van der Waals surface area (Å²) in [4.78, 5) is 12.6. The second-order valence-electron chi connectivity index (χ2n) is 7.98. The van der Waals surface area contributed by atoms with Gasteiger partial charge in [0, 0.05) is 0 Å². The molecule has 4 rings (SSSR count). The second-order valence-corrected chi connectivity index (χ2v) is 7.98. The van der Waals surface area contributed by atoms with Gasteiger partial charge >= 0.3 is 0 Å². The number of hydrogen-bond donors (Lipinski definition) is 2. The summed E-state index contributed by atoms with van der Waals surface area (Å²) in [5, 5.41) is 8.55. The highest BCUT2D eigenvalue weighted by molar-refractivity contribution is 6.72. The molecule has 3 aromatic rings. The van der Waals surface area contributed by atoms with E-state index >= 15 is 0 Å². The van der Waals surface area contributed by atoms with Crippen LogP contribution in [0.15, 0.2) is 58.7 Å². The first-order valence-corrected chi connectivity index (χ1v) is 11.3. The SMILES string of the molecule is COc1ccc(OC)c(C2=NNC(=O)/C2=N/Nc2ccc(C)c(-c3cc(OC)c(OC)c(OC)c3)c2)c1. The van der Waals surface area contributed by atoms with E-state index in [2.05, 4.69) is 21.1 Å². The second kappa shape index (κ2) is 10.9. The number of hydrazone groups is 2. The van der Waals surface area contributed by atoms with E-state index in [0.717, 1.165) is 16.7 Å². The first-order valence-electron chi connectivity index (χ1n) is 11.3. The molecule has 37 heavy (non-hydrogen) atoms. The number of nitrogens with one attached hydrogen (secondary N) is 2. The van der Waals surface area contributed by atoms with Crippen molar-refractivity contribution in [2.24, 2.45) is 10.2 Å². The van der Waals surface area contributed by atoms with Gasteiger partial charge in [-0.1, -0.05) is 6.07 Å². The Morgan fingerprint density at radius 3 is 2.11 bits per heavy atom. The van der Waals surface area contributed by atoms with Crippen molar-refractivity contribution < 1.29 is 28.5 Å². The zero-order valence-corrected chi connectivity index (χ0v) is 21.5. The largest absolute Gasteiger partial charge is 0.497 e. The summed E-state index contributed by atoms with van der Waals surface area (Å²) in [5.41, 5.74) is 9.95. The van der Waals surface area contributed by atoms with Crippen molar-refractivity contribution in [1.82, 2.24) is 5.43 Å². The molecule has 0 spiro atoms. The lowest BCUT2D eigenvalue weighted by Gasteiger charge is -2.16.